The van der Waals surface area contributed by atoms with Crippen LogP contribution in [0.1, 0.15) is 36.0 Å². The number of carboxylic acid groups (broad SMARTS) is 1. The molecule has 0 bridgehead atoms. The molecule has 0 aliphatic heterocycles. The maximum Gasteiger partial charge on any atom is 0.405 e. The van der Waals surface area contributed by atoms with Crippen LogP contribution in [-0.2, 0) is 10.2 Å². The van der Waals surface area contributed by atoms with Crippen LogP contribution in [0, 0.1) is 6.92 Å². The van der Waals surface area contributed by atoms with Gasteiger partial charge in [0, 0.05) is 17.3 Å². The molecule has 0 saturated carbocycles. The molecule has 0 fully saturated rings. The molecule has 2 rings (SSSR count). The summed E-state index contributed by atoms with van der Waals surface area (Å²) in [4.78, 5) is 19.9. The Kier molecular flexibility index (Phi) is 6.84. The number of thiazole rings is 2. The maximum atomic E-state index is 11.0. The van der Waals surface area contributed by atoms with E-state index in [1.165, 1.54) is 22.7 Å². The number of amides is 1. The maximum absolute atomic E-state index is 11.0. The molecule has 2 heterocycles. The first-order valence-electron chi connectivity index (χ1n) is 7.39. The lowest BCUT2D eigenvalue weighted by Gasteiger charge is -2.14. The molecule has 0 aromatic carbocycles. The molecule has 5 N–H and O–H groups in total. The van der Waals surface area contributed by atoms with Crippen LogP contribution in [0.3, 0.4) is 0 Å². The third kappa shape index (κ3) is 6.66. The average molecular weight is 406 g/mol. The smallest absolute Gasteiger partial charge is 0.405 e. The molecule has 2 aromatic heterocycles. The number of nitrogens with two attached hydrogens (primary N) is 1. The van der Waals surface area contributed by atoms with Crippen molar-refractivity contribution in [2.24, 2.45) is 5.14 Å². The Morgan fingerprint density at radius 3 is 2.68 bits per heavy atom. The minimum Gasteiger partial charge on any atom is -0.465 e. The van der Waals surface area contributed by atoms with Gasteiger partial charge in [-0.15, -0.1) is 22.7 Å². The van der Waals surface area contributed by atoms with Gasteiger partial charge in [0.15, 0.2) is 0 Å². The highest BCUT2D eigenvalue weighted by molar-refractivity contribution is 7.87. The van der Waals surface area contributed by atoms with Gasteiger partial charge in [0.25, 0.3) is 10.2 Å². The van der Waals surface area contributed by atoms with Gasteiger partial charge in [0.1, 0.15) is 10.7 Å². The van der Waals surface area contributed by atoms with Crippen molar-refractivity contribution in [2.45, 2.75) is 32.2 Å². The molecule has 9 nitrogen and oxygen atoms in total. The molecule has 1 amide bonds. The first-order chi connectivity index (χ1) is 11.7. The molecule has 0 spiro atoms. The second-order valence-corrected chi connectivity index (χ2v) is 8.57. The van der Waals surface area contributed by atoms with Crippen molar-refractivity contribution in [1.82, 2.24) is 20.0 Å². The number of hydrogen-bond acceptors (Lipinski definition) is 7. The molecular weight excluding hydrogens is 386 g/mol. The van der Waals surface area contributed by atoms with Crippen molar-refractivity contribution in [2.75, 3.05) is 6.54 Å². The predicted octanol–water partition coefficient (Wildman–Crippen LogP) is 1.85. The summed E-state index contributed by atoms with van der Waals surface area (Å²) in [5.41, 5.74) is 1.41. The summed E-state index contributed by atoms with van der Waals surface area (Å²) in [7, 11) is -3.70. The summed E-state index contributed by atoms with van der Waals surface area (Å²) in [5.74, 6) is 0. The van der Waals surface area contributed by atoms with Crippen LogP contribution in [0.2, 0.25) is 0 Å². The van der Waals surface area contributed by atoms with Gasteiger partial charge < -0.3 is 10.4 Å². The summed E-state index contributed by atoms with van der Waals surface area (Å²) < 4.78 is 23.8. The summed E-state index contributed by atoms with van der Waals surface area (Å²) in [5, 5.41) is 21.7. The Labute approximate surface area is 153 Å². The number of rotatable bonds is 9. The first kappa shape index (κ1) is 19.7. The lowest BCUT2D eigenvalue weighted by Crippen LogP contribution is -2.31. The number of aromatic nitrogens is 2. The van der Waals surface area contributed by atoms with Crippen LogP contribution in [0.15, 0.2) is 10.8 Å². The molecule has 1 unspecified atom stereocenters. The van der Waals surface area contributed by atoms with Gasteiger partial charge in [0.2, 0.25) is 0 Å². The van der Waals surface area contributed by atoms with E-state index in [2.05, 4.69) is 20.0 Å². The zero-order valence-corrected chi connectivity index (χ0v) is 15.9. The largest absolute Gasteiger partial charge is 0.465 e. The SMILES string of the molecule is Cc1nc(-c2nc(C(CCCCNS(N)(=O)=O)NC(=O)O)cs2)cs1. The Hall–Kier alpha value is -1.60. The normalized spacial score (nSPS) is 12.9. The summed E-state index contributed by atoms with van der Waals surface area (Å²) in [6.07, 6.45) is 0.511. The van der Waals surface area contributed by atoms with Crippen LogP contribution < -0.4 is 15.2 Å². The molecular formula is C13H19N5O4S3. The van der Waals surface area contributed by atoms with Crippen molar-refractivity contribution >= 4 is 39.0 Å². The topological polar surface area (TPSA) is 147 Å². The van der Waals surface area contributed by atoms with Crippen molar-refractivity contribution in [1.29, 1.82) is 0 Å². The van der Waals surface area contributed by atoms with Gasteiger partial charge in [-0.2, -0.15) is 8.42 Å². The molecule has 12 heteroatoms. The summed E-state index contributed by atoms with van der Waals surface area (Å²) in [6, 6.07) is -0.461. The molecule has 0 radical (unpaired) electrons. The zero-order valence-electron chi connectivity index (χ0n) is 13.4. The fraction of sp³-hybridized carbons (Fsp3) is 0.462. The summed E-state index contributed by atoms with van der Waals surface area (Å²) >= 11 is 2.94. The van der Waals surface area contributed by atoms with Gasteiger partial charge in [-0.3, -0.25) is 0 Å². The third-order valence-corrected chi connectivity index (χ3v) is 5.50. The first-order valence-corrected chi connectivity index (χ1v) is 10.7. The standard InChI is InChI=1S/C13H19N5O4S3/c1-8-16-11(7-23-8)12-17-10(6-24-12)9(18-13(19)20)4-2-3-5-15-25(14,21)22/h6-7,9,15,18H,2-5H2,1H3,(H,19,20)(H2,14,21,22). The van der Waals surface area contributed by atoms with Crippen molar-refractivity contribution in [3.8, 4) is 10.7 Å². The van der Waals surface area contributed by atoms with Crippen molar-refractivity contribution in [3.05, 3.63) is 21.5 Å². The number of hydrogen-bond donors (Lipinski definition) is 4. The minimum absolute atomic E-state index is 0.207. The number of aryl methyl sites for hydroxylation is 1. The van der Waals surface area contributed by atoms with Crippen LogP contribution in [0.25, 0.3) is 10.7 Å². The Balaban J connectivity index is 1.97. The van der Waals surface area contributed by atoms with Gasteiger partial charge in [0.05, 0.1) is 16.7 Å². The number of carbonyl (C=O) groups is 1. The van der Waals surface area contributed by atoms with E-state index in [0.29, 0.717) is 25.0 Å². The van der Waals surface area contributed by atoms with E-state index in [1.807, 2.05) is 17.7 Å². The van der Waals surface area contributed by atoms with Gasteiger partial charge >= 0.3 is 6.09 Å². The second-order valence-electron chi connectivity index (χ2n) is 5.27. The Bertz CT molecular complexity index is 817. The third-order valence-electron chi connectivity index (χ3n) is 3.24. The van der Waals surface area contributed by atoms with E-state index in [0.717, 1.165) is 15.7 Å². The van der Waals surface area contributed by atoms with Crippen molar-refractivity contribution in [3.63, 3.8) is 0 Å². The Morgan fingerprint density at radius 2 is 2.08 bits per heavy atom. The number of nitrogens with zero attached hydrogens (tertiary/aromatic N) is 2. The van der Waals surface area contributed by atoms with E-state index in [1.54, 1.807) is 0 Å². The minimum atomic E-state index is -3.70. The molecule has 2 aromatic rings. The van der Waals surface area contributed by atoms with Gasteiger partial charge in [-0.25, -0.2) is 24.6 Å². The molecule has 138 valence electrons. The lowest BCUT2D eigenvalue weighted by atomic mass is 10.1. The Morgan fingerprint density at radius 1 is 1.32 bits per heavy atom. The molecule has 0 aliphatic rings. The monoisotopic (exact) mass is 405 g/mol. The fourth-order valence-electron chi connectivity index (χ4n) is 2.16. The van der Waals surface area contributed by atoms with Gasteiger partial charge in [-0.05, 0) is 26.2 Å². The van der Waals surface area contributed by atoms with Crippen LogP contribution in [0.5, 0.6) is 0 Å². The predicted molar refractivity (Wildman–Crippen MR) is 96.8 cm³/mol. The van der Waals surface area contributed by atoms with Crippen molar-refractivity contribution < 1.29 is 18.3 Å². The molecule has 25 heavy (non-hydrogen) atoms. The highest BCUT2D eigenvalue weighted by atomic mass is 32.2. The van der Waals surface area contributed by atoms with Gasteiger partial charge in [-0.1, -0.05) is 0 Å². The number of unbranched alkanes of at least 4 members (excludes halogenated alkanes) is 1. The average Bonchev–Trinajstić information content (AvgIpc) is 3.12. The van der Waals surface area contributed by atoms with E-state index >= 15 is 0 Å². The highest BCUT2D eigenvalue weighted by Crippen LogP contribution is 2.28. The summed E-state index contributed by atoms with van der Waals surface area (Å²) in [6.45, 7) is 2.12. The van der Waals surface area contributed by atoms with E-state index in [-0.39, 0.29) is 6.54 Å². The molecule has 0 saturated heterocycles. The highest BCUT2D eigenvalue weighted by Gasteiger charge is 2.18. The van der Waals surface area contributed by atoms with Crippen LogP contribution in [-0.4, -0.2) is 36.1 Å². The fourth-order valence-corrected chi connectivity index (χ4v) is 4.09. The van der Waals surface area contributed by atoms with Crippen LogP contribution in [0.4, 0.5) is 4.79 Å². The zero-order chi connectivity index (χ0) is 18.4. The molecule has 1 atom stereocenters. The van der Waals surface area contributed by atoms with E-state index in [9.17, 15) is 13.2 Å². The lowest BCUT2D eigenvalue weighted by molar-refractivity contribution is 0.188. The molecule has 0 aliphatic carbocycles. The van der Waals surface area contributed by atoms with E-state index in [4.69, 9.17) is 10.2 Å². The van der Waals surface area contributed by atoms with E-state index < -0.39 is 22.3 Å². The second kappa shape index (κ2) is 8.67. The van der Waals surface area contributed by atoms with Crippen LogP contribution >= 0.6 is 22.7 Å². The quantitative estimate of drug-likeness (QED) is 0.468. The number of nitrogens with one attached hydrogen (secondary N) is 2.